The normalized spacial score (nSPS) is 10.3. The molecule has 4 nitrogen and oxygen atoms in total. The molecular formula is C13H14N2O2S. The fourth-order valence-corrected chi connectivity index (χ4v) is 2.36. The molecule has 0 aromatic carbocycles. The van der Waals surface area contributed by atoms with Crippen molar-refractivity contribution in [2.75, 3.05) is 6.54 Å². The van der Waals surface area contributed by atoms with Gasteiger partial charge in [-0.25, -0.2) is 4.98 Å². The van der Waals surface area contributed by atoms with E-state index in [2.05, 4.69) is 16.9 Å². The minimum absolute atomic E-state index is 0.150. The second kappa shape index (κ2) is 5.64. The van der Waals surface area contributed by atoms with Crippen LogP contribution in [0.1, 0.15) is 21.8 Å². The number of aryl methyl sites for hydroxylation is 1. The zero-order valence-electron chi connectivity index (χ0n) is 10.1. The molecule has 2 heterocycles. The molecule has 0 saturated heterocycles. The van der Waals surface area contributed by atoms with Crippen molar-refractivity contribution in [3.8, 4) is 10.8 Å². The Morgan fingerprint density at radius 2 is 2.50 bits per heavy atom. The van der Waals surface area contributed by atoms with E-state index in [1.165, 1.54) is 11.3 Å². The van der Waals surface area contributed by atoms with Crippen LogP contribution in [0.3, 0.4) is 0 Å². The van der Waals surface area contributed by atoms with E-state index in [-0.39, 0.29) is 5.91 Å². The van der Waals surface area contributed by atoms with Crippen molar-refractivity contribution in [3.05, 3.63) is 41.6 Å². The second-order valence-electron chi connectivity index (χ2n) is 3.73. The molecule has 0 aliphatic carbocycles. The molecule has 0 atom stereocenters. The van der Waals surface area contributed by atoms with E-state index >= 15 is 0 Å². The fourth-order valence-electron chi connectivity index (χ4n) is 1.48. The topological polar surface area (TPSA) is 55.1 Å². The number of aromatic nitrogens is 1. The highest BCUT2D eigenvalue weighted by molar-refractivity contribution is 7.15. The number of carbonyl (C=O) groups is 1. The molecule has 0 aliphatic heterocycles. The number of hydrogen-bond donors (Lipinski definition) is 1. The van der Waals surface area contributed by atoms with Crippen LogP contribution in [-0.4, -0.2) is 17.4 Å². The van der Waals surface area contributed by atoms with Crippen molar-refractivity contribution in [3.63, 3.8) is 0 Å². The van der Waals surface area contributed by atoms with Crippen LogP contribution in [0.5, 0.6) is 0 Å². The molecule has 0 fully saturated rings. The molecule has 0 spiro atoms. The maximum absolute atomic E-state index is 11.9. The number of carbonyl (C=O) groups excluding carboxylic acids is 1. The highest BCUT2D eigenvalue weighted by Crippen LogP contribution is 2.27. The molecule has 1 N–H and O–H groups in total. The van der Waals surface area contributed by atoms with Crippen LogP contribution < -0.4 is 5.32 Å². The van der Waals surface area contributed by atoms with Gasteiger partial charge in [0.2, 0.25) is 0 Å². The lowest BCUT2D eigenvalue weighted by Gasteiger charge is -2.00. The summed E-state index contributed by atoms with van der Waals surface area (Å²) in [7, 11) is 0. The minimum atomic E-state index is -0.150. The average molecular weight is 262 g/mol. The van der Waals surface area contributed by atoms with Gasteiger partial charge in [0, 0.05) is 11.4 Å². The molecule has 0 radical (unpaired) electrons. The smallest absolute Gasteiger partial charge is 0.271 e. The molecule has 0 unspecified atom stereocenters. The predicted molar refractivity (Wildman–Crippen MR) is 71.7 cm³/mol. The third kappa shape index (κ3) is 2.68. The lowest BCUT2D eigenvalue weighted by molar-refractivity contribution is 0.0949. The first-order chi connectivity index (χ1) is 8.72. The summed E-state index contributed by atoms with van der Waals surface area (Å²) in [5.74, 6) is 0.539. The van der Waals surface area contributed by atoms with E-state index in [1.54, 1.807) is 18.4 Å². The van der Waals surface area contributed by atoms with Gasteiger partial charge in [0.25, 0.3) is 5.91 Å². The van der Waals surface area contributed by atoms with E-state index in [4.69, 9.17) is 4.42 Å². The average Bonchev–Trinajstić information content (AvgIpc) is 2.97. The first-order valence-electron chi connectivity index (χ1n) is 5.62. The van der Waals surface area contributed by atoms with E-state index in [0.29, 0.717) is 18.0 Å². The Morgan fingerprint density at radius 3 is 3.17 bits per heavy atom. The zero-order valence-corrected chi connectivity index (χ0v) is 10.9. The molecular weight excluding hydrogens is 248 g/mol. The summed E-state index contributed by atoms with van der Waals surface area (Å²) in [6.45, 7) is 6.07. The van der Waals surface area contributed by atoms with Crippen LogP contribution in [0.4, 0.5) is 0 Å². The van der Waals surface area contributed by atoms with Crippen LogP contribution in [0.15, 0.2) is 35.5 Å². The Kier molecular flexibility index (Phi) is 3.94. The molecule has 2 rings (SSSR count). The number of nitrogens with one attached hydrogen (secondary N) is 1. The third-order valence-corrected chi connectivity index (χ3v) is 3.36. The Morgan fingerprint density at radius 1 is 1.67 bits per heavy atom. The lowest BCUT2D eigenvalue weighted by Crippen LogP contribution is -2.25. The number of hydrogen-bond acceptors (Lipinski definition) is 4. The molecule has 2 aromatic rings. The van der Waals surface area contributed by atoms with Gasteiger partial charge in [-0.1, -0.05) is 6.08 Å². The highest BCUT2D eigenvalue weighted by atomic mass is 32.1. The summed E-state index contributed by atoms with van der Waals surface area (Å²) in [5, 5.41) is 3.53. The van der Waals surface area contributed by atoms with E-state index in [0.717, 1.165) is 16.3 Å². The van der Waals surface area contributed by atoms with Crippen LogP contribution >= 0.6 is 11.3 Å². The number of amides is 1. The van der Waals surface area contributed by atoms with E-state index in [9.17, 15) is 4.79 Å². The SMILES string of the molecule is C=CCCNC(=O)c1nc(-c2ccco2)sc1C. The molecule has 0 saturated carbocycles. The zero-order chi connectivity index (χ0) is 13.0. The molecule has 94 valence electrons. The lowest BCUT2D eigenvalue weighted by atomic mass is 10.3. The summed E-state index contributed by atoms with van der Waals surface area (Å²) in [4.78, 5) is 17.1. The van der Waals surface area contributed by atoms with Crippen molar-refractivity contribution in [2.45, 2.75) is 13.3 Å². The second-order valence-corrected chi connectivity index (χ2v) is 4.94. The van der Waals surface area contributed by atoms with Crippen molar-refractivity contribution >= 4 is 17.2 Å². The molecule has 1 amide bonds. The fraction of sp³-hybridized carbons (Fsp3) is 0.231. The van der Waals surface area contributed by atoms with Crippen molar-refractivity contribution < 1.29 is 9.21 Å². The molecule has 0 aliphatic rings. The van der Waals surface area contributed by atoms with E-state index < -0.39 is 0 Å². The van der Waals surface area contributed by atoms with Crippen LogP contribution in [0.2, 0.25) is 0 Å². The van der Waals surface area contributed by atoms with Gasteiger partial charge in [0.15, 0.2) is 10.8 Å². The van der Waals surface area contributed by atoms with Gasteiger partial charge in [-0.15, -0.1) is 17.9 Å². The van der Waals surface area contributed by atoms with Gasteiger partial charge in [0.1, 0.15) is 5.69 Å². The summed E-state index contributed by atoms with van der Waals surface area (Å²) in [6.07, 6.45) is 4.11. The third-order valence-electron chi connectivity index (χ3n) is 2.38. The van der Waals surface area contributed by atoms with E-state index in [1.807, 2.05) is 13.0 Å². The number of nitrogens with zero attached hydrogens (tertiary/aromatic N) is 1. The molecule has 0 bridgehead atoms. The Bertz CT molecular complexity index is 543. The molecule has 5 heteroatoms. The van der Waals surface area contributed by atoms with Gasteiger partial charge in [0.05, 0.1) is 6.26 Å². The Balaban J connectivity index is 2.14. The van der Waals surface area contributed by atoms with Gasteiger partial charge < -0.3 is 9.73 Å². The summed E-state index contributed by atoms with van der Waals surface area (Å²) < 4.78 is 5.27. The van der Waals surface area contributed by atoms with Gasteiger partial charge in [-0.2, -0.15) is 0 Å². The Labute approximate surface area is 109 Å². The maximum Gasteiger partial charge on any atom is 0.271 e. The van der Waals surface area contributed by atoms with Gasteiger partial charge >= 0.3 is 0 Å². The predicted octanol–water partition coefficient (Wildman–Crippen LogP) is 3.02. The van der Waals surface area contributed by atoms with Gasteiger partial charge in [-0.3, -0.25) is 4.79 Å². The maximum atomic E-state index is 11.9. The van der Waals surface area contributed by atoms with Gasteiger partial charge in [-0.05, 0) is 25.5 Å². The highest BCUT2D eigenvalue weighted by Gasteiger charge is 2.16. The summed E-state index contributed by atoms with van der Waals surface area (Å²) >= 11 is 1.45. The molecule has 18 heavy (non-hydrogen) atoms. The standard InChI is InChI=1S/C13H14N2O2S/c1-3-4-7-14-12(16)11-9(2)18-13(15-11)10-6-5-8-17-10/h3,5-6,8H,1,4,7H2,2H3,(H,14,16). The van der Waals surface area contributed by atoms with Crippen LogP contribution in [0.25, 0.3) is 10.8 Å². The summed E-state index contributed by atoms with van der Waals surface area (Å²) in [6, 6.07) is 3.63. The van der Waals surface area contributed by atoms with Crippen LogP contribution in [0, 0.1) is 6.92 Å². The van der Waals surface area contributed by atoms with Crippen LogP contribution in [-0.2, 0) is 0 Å². The first kappa shape index (κ1) is 12.6. The first-order valence-corrected chi connectivity index (χ1v) is 6.44. The molecule has 2 aromatic heterocycles. The number of furan rings is 1. The van der Waals surface area contributed by atoms with Crippen molar-refractivity contribution in [1.29, 1.82) is 0 Å². The summed E-state index contributed by atoms with van der Waals surface area (Å²) in [5.41, 5.74) is 0.468. The number of rotatable bonds is 5. The quantitative estimate of drug-likeness (QED) is 0.665. The number of thiazole rings is 1. The Hall–Kier alpha value is -1.88. The van der Waals surface area contributed by atoms with Crippen molar-refractivity contribution in [2.24, 2.45) is 0 Å². The largest absolute Gasteiger partial charge is 0.462 e. The van der Waals surface area contributed by atoms with Crippen molar-refractivity contribution in [1.82, 2.24) is 10.3 Å². The minimum Gasteiger partial charge on any atom is -0.462 e. The monoisotopic (exact) mass is 262 g/mol.